The van der Waals surface area contributed by atoms with Crippen molar-refractivity contribution in [2.75, 3.05) is 0 Å². The molecule has 3 rings (SSSR count). The maximum Gasteiger partial charge on any atom is 0.0346 e. The van der Waals surface area contributed by atoms with Crippen LogP contribution in [0.3, 0.4) is 0 Å². The number of aromatic nitrogens is 2. The van der Waals surface area contributed by atoms with Crippen molar-refractivity contribution in [1.29, 1.82) is 0 Å². The van der Waals surface area contributed by atoms with E-state index < -0.39 is 0 Å². The molecule has 0 aliphatic heterocycles. The first-order valence-corrected chi connectivity index (χ1v) is 6.82. The second kappa shape index (κ2) is 5.80. The number of hydrogen-bond acceptors (Lipinski definition) is 3. The molecule has 2 N–H and O–H groups in total. The molecule has 0 saturated heterocycles. The van der Waals surface area contributed by atoms with Crippen molar-refractivity contribution in [3.63, 3.8) is 0 Å². The standard InChI is InChI=1S/C17H17N3/c18-17(6-5-13-7-9-19-10-8-13)16-12-20-11-14-3-1-2-4-15(14)16/h1-4,7-12,17H,5-6,18H2. The van der Waals surface area contributed by atoms with E-state index in [1.54, 1.807) is 0 Å². The van der Waals surface area contributed by atoms with Gasteiger partial charge in [0.1, 0.15) is 0 Å². The molecule has 1 atom stereocenters. The average molecular weight is 263 g/mol. The summed E-state index contributed by atoms with van der Waals surface area (Å²) in [7, 11) is 0. The Labute approximate surface area is 118 Å². The Hall–Kier alpha value is -2.26. The van der Waals surface area contributed by atoms with Crippen LogP contribution in [0, 0.1) is 0 Å². The van der Waals surface area contributed by atoms with Crippen molar-refractivity contribution in [1.82, 2.24) is 9.97 Å². The molecule has 0 saturated carbocycles. The first kappa shape index (κ1) is 12.8. The summed E-state index contributed by atoms with van der Waals surface area (Å²) in [4.78, 5) is 8.33. The second-order valence-corrected chi connectivity index (χ2v) is 4.95. The third kappa shape index (κ3) is 2.68. The fraction of sp³-hybridized carbons (Fsp3) is 0.176. The Morgan fingerprint density at radius 2 is 1.75 bits per heavy atom. The van der Waals surface area contributed by atoms with Crippen LogP contribution in [0.5, 0.6) is 0 Å². The number of aryl methyl sites for hydroxylation is 1. The zero-order valence-corrected chi connectivity index (χ0v) is 11.2. The highest BCUT2D eigenvalue weighted by Gasteiger charge is 2.10. The van der Waals surface area contributed by atoms with Crippen molar-refractivity contribution < 1.29 is 0 Å². The molecule has 0 aliphatic carbocycles. The molecule has 1 aromatic carbocycles. The molecule has 0 bridgehead atoms. The van der Waals surface area contributed by atoms with Crippen molar-refractivity contribution in [2.24, 2.45) is 5.73 Å². The van der Waals surface area contributed by atoms with Crippen molar-refractivity contribution in [3.8, 4) is 0 Å². The van der Waals surface area contributed by atoms with Gasteiger partial charge >= 0.3 is 0 Å². The summed E-state index contributed by atoms with van der Waals surface area (Å²) in [6.45, 7) is 0. The molecule has 0 amide bonds. The number of nitrogens with two attached hydrogens (primary N) is 1. The summed E-state index contributed by atoms with van der Waals surface area (Å²) in [6, 6.07) is 12.3. The highest BCUT2D eigenvalue weighted by Crippen LogP contribution is 2.24. The number of pyridine rings is 2. The van der Waals surface area contributed by atoms with Crippen LogP contribution < -0.4 is 5.73 Å². The lowest BCUT2D eigenvalue weighted by atomic mass is 9.97. The summed E-state index contributed by atoms with van der Waals surface area (Å²) < 4.78 is 0. The fourth-order valence-electron chi connectivity index (χ4n) is 2.46. The van der Waals surface area contributed by atoms with Crippen LogP contribution in [-0.4, -0.2) is 9.97 Å². The Bertz CT molecular complexity index is 689. The third-order valence-electron chi connectivity index (χ3n) is 3.59. The van der Waals surface area contributed by atoms with Crippen LogP contribution in [0.1, 0.15) is 23.6 Å². The van der Waals surface area contributed by atoms with Gasteiger partial charge in [-0.15, -0.1) is 0 Å². The van der Waals surface area contributed by atoms with Crippen molar-refractivity contribution in [3.05, 3.63) is 72.3 Å². The van der Waals surface area contributed by atoms with Gasteiger partial charge in [-0.25, -0.2) is 0 Å². The van der Waals surface area contributed by atoms with E-state index >= 15 is 0 Å². The quantitative estimate of drug-likeness (QED) is 0.786. The molecule has 0 fully saturated rings. The molecular weight excluding hydrogens is 246 g/mol. The minimum Gasteiger partial charge on any atom is -0.324 e. The van der Waals surface area contributed by atoms with Crippen LogP contribution in [0.15, 0.2) is 61.2 Å². The summed E-state index contributed by atoms with van der Waals surface area (Å²) >= 11 is 0. The van der Waals surface area contributed by atoms with Crippen molar-refractivity contribution >= 4 is 10.8 Å². The molecule has 1 unspecified atom stereocenters. The zero-order valence-electron chi connectivity index (χ0n) is 11.2. The predicted molar refractivity (Wildman–Crippen MR) is 81.2 cm³/mol. The van der Waals surface area contributed by atoms with E-state index in [1.165, 1.54) is 10.9 Å². The van der Waals surface area contributed by atoms with E-state index in [2.05, 4.69) is 22.1 Å². The molecule has 0 spiro atoms. The normalized spacial score (nSPS) is 12.4. The van der Waals surface area contributed by atoms with E-state index in [9.17, 15) is 0 Å². The van der Waals surface area contributed by atoms with Gasteiger partial charge < -0.3 is 5.73 Å². The van der Waals surface area contributed by atoms with Gasteiger partial charge in [0.25, 0.3) is 0 Å². The van der Waals surface area contributed by atoms with Gasteiger partial charge in [-0.2, -0.15) is 0 Å². The van der Waals surface area contributed by atoms with Gasteiger partial charge in [-0.1, -0.05) is 24.3 Å². The van der Waals surface area contributed by atoms with Gasteiger partial charge in [0.05, 0.1) is 0 Å². The lowest BCUT2D eigenvalue weighted by Gasteiger charge is -2.14. The number of nitrogens with zero attached hydrogens (tertiary/aromatic N) is 2. The summed E-state index contributed by atoms with van der Waals surface area (Å²) in [5, 5.41) is 2.34. The minimum absolute atomic E-state index is 0.00163. The van der Waals surface area contributed by atoms with E-state index in [-0.39, 0.29) is 6.04 Å². The lowest BCUT2D eigenvalue weighted by Crippen LogP contribution is -2.12. The molecule has 2 aromatic heterocycles. The van der Waals surface area contributed by atoms with Gasteiger partial charge in [0.15, 0.2) is 0 Å². The first-order chi connectivity index (χ1) is 9.84. The van der Waals surface area contributed by atoms with Gasteiger partial charge in [-0.05, 0) is 41.5 Å². The maximum absolute atomic E-state index is 6.35. The monoisotopic (exact) mass is 263 g/mol. The number of hydrogen-bond donors (Lipinski definition) is 1. The number of benzene rings is 1. The van der Waals surface area contributed by atoms with E-state index in [0.717, 1.165) is 23.8 Å². The topological polar surface area (TPSA) is 51.8 Å². The molecule has 100 valence electrons. The Kier molecular flexibility index (Phi) is 3.70. The molecule has 20 heavy (non-hydrogen) atoms. The summed E-state index contributed by atoms with van der Waals surface area (Å²) in [5.74, 6) is 0. The van der Waals surface area contributed by atoms with E-state index in [0.29, 0.717) is 0 Å². The first-order valence-electron chi connectivity index (χ1n) is 6.82. The van der Waals surface area contributed by atoms with Gasteiger partial charge in [-0.3, -0.25) is 9.97 Å². The lowest BCUT2D eigenvalue weighted by molar-refractivity contribution is 0.653. The van der Waals surface area contributed by atoms with Crippen LogP contribution >= 0.6 is 0 Å². The molecular formula is C17H17N3. The molecule has 3 aromatic rings. The van der Waals surface area contributed by atoms with Crippen molar-refractivity contribution in [2.45, 2.75) is 18.9 Å². The largest absolute Gasteiger partial charge is 0.324 e. The number of fused-ring (bicyclic) bond motifs is 1. The summed E-state index contributed by atoms with van der Waals surface area (Å²) in [5.41, 5.74) is 8.74. The average Bonchev–Trinajstić information content (AvgIpc) is 2.53. The summed E-state index contributed by atoms with van der Waals surface area (Å²) in [6.07, 6.45) is 9.27. The Balaban J connectivity index is 1.80. The van der Waals surface area contributed by atoms with Crippen LogP contribution in [0.2, 0.25) is 0 Å². The highest BCUT2D eigenvalue weighted by molar-refractivity contribution is 5.85. The SMILES string of the molecule is NC(CCc1ccncc1)c1cncc2ccccc12. The smallest absolute Gasteiger partial charge is 0.0346 e. The van der Waals surface area contributed by atoms with Crippen LogP contribution in [0.25, 0.3) is 10.8 Å². The molecule has 3 heteroatoms. The van der Waals surface area contributed by atoms with Gasteiger partial charge in [0.2, 0.25) is 0 Å². The Morgan fingerprint density at radius 3 is 2.60 bits per heavy atom. The van der Waals surface area contributed by atoms with Crippen LogP contribution in [-0.2, 0) is 6.42 Å². The maximum atomic E-state index is 6.35. The molecule has 0 radical (unpaired) electrons. The highest BCUT2D eigenvalue weighted by atomic mass is 14.7. The predicted octanol–water partition coefficient (Wildman–Crippen LogP) is 3.26. The number of rotatable bonds is 4. The van der Waals surface area contributed by atoms with E-state index in [1.807, 2.05) is 49.1 Å². The molecule has 2 heterocycles. The van der Waals surface area contributed by atoms with E-state index in [4.69, 9.17) is 5.73 Å². The third-order valence-corrected chi connectivity index (χ3v) is 3.59. The van der Waals surface area contributed by atoms with Crippen LogP contribution in [0.4, 0.5) is 0 Å². The molecule has 3 nitrogen and oxygen atoms in total. The van der Waals surface area contributed by atoms with Gasteiger partial charge in [0, 0.05) is 36.2 Å². The molecule has 0 aliphatic rings. The zero-order chi connectivity index (χ0) is 13.8. The Morgan fingerprint density at radius 1 is 0.950 bits per heavy atom. The minimum atomic E-state index is 0.00163. The second-order valence-electron chi connectivity index (χ2n) is 4.95. The fourth-order valence-corrected chi connectivity index (χ4v) is 2.46.